The highest BCUT2D eigenvalue weighted by atomic mass is 14.9. The zero-order valence-electron chi connectivity index (χ0n) is 10.8. The first kappa shape index (κ1) is 12.6. The molecule has 0 spiro atoms. The van der Waals surface area contributed by atoms with Gasteiger partial charge < -0.3 is 5.73 Å². The van der Waals surface area contributed by atoms with Crippen LogP contribution in [-0.4, -0.2) is 21.0 Å². The van der Waals surface area contributed by atoms with Crippen molar-refractivity contribution in [1.82, 2.24) is 15.0 Å². The van der Waals surface area contributed by atoms with Crippen LogP contribution in [0.4, 0.5) is 0 Å². The van der Waals surface area contributed by atoms with Gasteiger partial charge in [-0.3, -0.25) is 4.98 Å². The molecule has 2 N–H and O–H groups in total. The van der Waals surface area contributed by atoms with E-state index in [0.29, 0.717) is 5.82 Å². The van der Waals surface area contributed by atoms with Crippen molar-refractivity contribution in [3.8, 4) is 11.5 Å². The Morgan fingerprint density at radius 1 is 1.28 bits per heavy atom. The standard InChI is InChI=1S/C14H18N4/c1-3-11(15)9-12-8-10(2)17-14(18-12)13-6-4-5-7-16-13/h4-8,11H,3,9,15H2,1-2H3. The zero-order valence-corrected chi connectivity index (χ0v) is 10.8. The number of hydrogen-bond acceptors (Lipinski definition) is 4. The molecule has 0 aromatic carbocycles. The highest BCUT2D eigenvalue weighted by molar-refractivity contribution is 5.48. The topological polar surface area (TPSA) is 64.7 Å². The Balaban J connectivity index is 2.32. The lowest BCUT2D eigenvalue weighted by molar-refractivity contribution is 0.635. The number of nitrogens with two attached hydrogens (primary N) is 1. The van der Waals surface area contributed by atoms with Crippen molar-refractivity contribution in [1.29, 1.82) is 0 Å². The van der Waals surface area contributed by atoms with E-state index in [1.165, 1.54) is 0 Å². The molecular weight excluding hydrogens is 224 g/mol. The van der Waals surface area contributed by atoms with Crippen molar-refractivity contribution >= 4 is 0 Å². The minimum Gasteiger partial charge on any atom is -0.327 e. The van der Waals surface area contributed by atoms with E-state index >= 15 is 0 Å². The van der Waals surface area contributed by atoms with Crippen LogP contribution in [0.15, 0.2) is 30.5 Å². The van der Waals surface area contributed by atoms with Crippen LogP contribution in [0.2, 0.25) is 0 Å². The molecule has 0 radical (unpaired) electrons. The predicted molar refractivity (Wildman–Crippen MR) is 72.0 cm³/mol. The summed E-state index contributed by atoms with van der Waals surface area (Å²) in [6.45, 7) is 4.05. The van der Waals surface area contributed by atoms with E-state index in [2.05, 4.69) is 21.9 Å². The molecule has 0 aliphatic rings. The summed E-state index contributed by atoms with van der Waals surface area (Å²) in [4.78, 5) is 13.2. The molecule has 0 amide bonds. The molecule has 94 valence electrons. The maximum absolute atomic E-state index is 5.97. The molecule has 0 aliphatic carbocycles. The lowest BCUT2D eigenvalue weighted by Crippen LogP contribution is -2.22. The van der Waals surface area contributed by atoms with E-state index in [1.807, 2.05) is 31.2 Å². The highest BCUT2D eigenvalue weighted by Crippen LogP contribution is 2.13. The normalized spacial score (nSPS) is 12.4. The molecule has 0 bridgehead atoms. The van der Waals surface area contributed by atoms with E-state index in [-0.39, 0.29) is 6.04 Å². The van der Waals surface area contributed by atoms with Crippen molar-refractivity contribution in [2.75, 3.05) is 0 Å². The molecule has 1 atom stereocenters. The molecule has 1 unspecified atom stereocenters. The summed E-state index contributed by atoms with van der Waals surface area (Å²) < 4.78 is 0. The van der Waals surface area contributed by atoms with Gasteiger partial charge in [-0.15, -0.1) is 0 Å². The average molecular weight is 242 g/mol. The highest BCUT2D eigenvalue weighted by Gasteiger charge is 2.08. The largest absolute Gasteiger partial charge is 0.327 e. The zero-order chi connectivity index (χ0) is 13.0. The third-order valence-corrected chi connectivity index (χ3v) is 2.80. The van der Waals surface area contributed by atoms with Crippen LogP contribution >= 0.6 is 0 Å². The van der Waals surface area contributed by atoms with Gasteiger partial charge in [-0.25, -0.2) is 9.97 Å². The molecule has 2 heterocycles. The lowest BCUT2D eigenvalue weighted by Gasteiger charge is -2.09. The van der Waals surface area contributed by atoms with Crippen molar-refractivity contribution in [3.05, 3.63) is 41.9 Å². The van der Waals surface area contributed by atoms with Gasteiger partial charge in [-0.2, -0.15) is 0 Å². The van der Waals surface area contributed by atoms with E-state index in [1.54, 1.807) is 6.20 Å². The molecule has 2 aromatic rings. The fraction of sp³-hybridized carbons (Fsp3) is 0.357. The summed E-state index contributed by atoms with van der Waals surface area (Å²) in [5.41, 5.74) is 8.70. The first-order valence-corrected chi connectivity index (χ1v) is 6.20. The van der Waals surface area contributed by atoms with Gasteiger partial charge in [-0.05, 0) is 31.5 Å². The second kappa shape index (κ2) is 5.69. The number of pyridine rings is 1. The predicted octanol–water partition coefficient (Wildman–Crippen LogP) is 2.13. The summed E-state index contributed by atoms with van der Waals surface area (Å²) in [5, 5.41) is 0. The van der Waals surface area contributed by atoms with Crippen LogP contribution in [0.3, 0.4) is 0 Å². The van der Waals surface area contributed by atoms with Gasteiger partial charge in [0.05, 0.1) is 0 Å². The Labute approximate surface area is 107 Å². The molecule has 0 fully saturated rings. The smallest absolute Gasteiger partial charge is 0.178 e. The summed E-state index contributed by atoms with van der Waals surface area (Å²) in [6, 6.07) is 7.87. The number of aryl methyl sites for hydroxylation is 1. The molecule has 18 heavy (non-hydrogen) atoms. The molecule has 0 saturated heterocycles. The molecular formula is C14H18N4. The van der Waals surface area contributed by atoms with Crippen LogP contribution in [0.1, 0.15) is 24.7 Å². The van der Waals surface area contributed by atoms with Gasteiger partial charge in [0.25, 0.3) is 0 Å². The monoisotopic (exact) mass is 242 g/mol. The lowest BCUT2D eigenvalue weighted by atomic mass is 10.1. The summed E-state index contributed by atoms with van der Waals surface area (Å²) in [6.07, 6.45) is 3.47. The summed E-state index contributed by atoms with van der Waals surface area (Å²) in [5.74, 6) is 0.675. The second-order valence-electron chi connectivity index (χ2n) is 4.41. The molecule has 0 aliphatic heterocycles. The van der Waals surface area contributed by atoms with Gasteiger partial charge in [0.15, 0.2) is 5.82 Å². The van der Waals surface area contributed by atoms with E-state index in [9.17, 15) is 0 Å². The van der Waals surface area contributed by atoms with Crippen LogP contribution in [0.5, 0.6) is 0 Å². The first-order valence-electron chi connectivity index (χ1n) is 6.20. The summed E-state index contributed by atoms with van der Waals surface area (Å²) >= 11 is 0. The molecule has 0 saturated carbocycles. The van der Waals surface area contributed by atoms with Crippen LogP contribution in [0, 0.1) is 6.92 Å². The average Bonchev–Trinajstić information content (AvgIpc) is 2.39. The number of hydrogen-bond donors (Lipinski definition) is 1. The SMILES string of the molecule is CCC(N)Cc1cc(C)nc(-c2ccccn2)n1. The van der Waals surface area contributed by atoms with Crippen molar-refractivity contribution in [3.63, 3.8) is 0 Å². The third kappa shape index (κ3) is 3.11. The quantitative estimate of drug-likeness (QED) is 0.892. The maximum Gasteiger partial charge on any atom is 0.178 e. The van der Waals surface area contributed by atoms with E-state index in [0.717, 1.165) is 29.9 Å². The van der Waals surface area contributed by atoms with E-state index in [4.69, 9.17) is 5.73 Å². The van der Waals surface area contributed by atoms with Crippen LogP contribution in [-0.2, 0) is 6.42 Å². The van der Waals surface area contributed by atoms with Gasteiger partial charge in [-0.1, -0.05) is 13.0 Å². The van der Waals surface area contributed by atoms with Crippen LogP contribution in [0.25, 0.3) is 11.5 Å². The number of rotatable bonds is 4. The van der Waals surface area contributed by atoms with Crippen LogP contribution < -0.4 is 5.73 Å². The van der Waals surface area contributed by atoms with E-state index < -0.39 is 0 Å². The van der Waals surface area contributed by atoms with Gasteiger partial charge >= 0.3 is 0 Å². The summed E-state index contributed by atoms with van der Waals surface area (Å²) in [7, 11) is 0. The Morgan fingerprint density at radius 2 is 2.11 bits per heavy atom. The van der Waals surface area contributed by atoms with Gasteiger partial charge in [0.1, 0.15) is 5.69 Å². The molecule has 2 aromatic heterocycles. The molecule has 4 nitrogen and oxygen atoms in total. The van der Waals surface area contributed by atoms with Gasteiger partial charge in [0.2, 0.25) is 0 Å². The van der Waals surface area contributed by atoms with Crippen molar-refractivity contribution < 1.29 is 0 Å². The third-order valence-electron chi connectivity index (χ3n) is 2.80. The minimum atomic E-state index is 0.149. The molecule has 4 heteroatoms. The Bertz CT molecular complexity index is 510. The van der Waals surface area contributed by atoms with Gasteiger partial charge in [0, 0.05) is 30.0 Å². The minimum absolute atomic E-state index is 0.149. The van der Waals surface area contributed by atoms with Crippen molar-refractivity contribution in [2.24, 2.45) is 5.73 Å². The maximum atomic E-state index is 5.97. The first-order chi connectivity index (χ1) is 8.69. The Morgan fingerprint density at radius 3 is 2.78 bits per heavy atom. The fourth-order valence-corrected chi connectivity index (χ4v) is 1.76. The number of aromatic nitrogens is 3. The second-order valence-corrected chi connectivity index (χ2v) is 4.41. The fourth-order valence-electron chi connectivity index (χ4n) is 1.76. The van der Waals surface area contributed by atoms with Crippen molar-refractivity contribution in [2.45, 2.75) is 32.7 Å². The Kier molecular flexibility index (Phi) is 3.99. The molecule has 2 rings (SSSR count). The number of nitrogens with zero attached hydrogens (tertiary/aromatic N) is 3. The Hall–Kier alpha value is -1.81.